The Hall–Kier alpha value is -3.04. The molecule has 1 aromatic heterocycles. The molecule has 0 aliphatic rings. The van der Waals surface area contributed by atoms with Gasteiger partial charge in [-0.25, -0.2) is 9.59 Å². The van der Waals surface area contributed by atoms with Crippen LogP contribution in [0.25, 0.3) is 0 Å². The third-order valence-electron chi connectivity index (χ3n) is 2.92. The zero-order chi connectivity index (χ0) is 17.9. The first-order valence-corrected chi connectivity index (χ1v) is 6.59. The van der Waals surface area contributed by atoms with Crippen molar-refractivity contribution in [1.29, 1.82) is 0 Å². The highest BCUT2D eigenvalue weighted by atomic mass is 19.4. The molecule has 10 heteroatoms. The van der Waals surface area contributed by atoms with Gasteiger partial charge in [-0.15, -0.1) is 0 Å². The van der Waals surface area contributed by atoms with Crippen molar-refractivity contribution in [1.82, 2.24) is 9.78 Å². The number of ether oxygens (including phenoxy) is 1. The zero-order valence-electron chi connectivity index (χ0n) is 12.4. The van der Waals surface area contributed by atoms with Gasteiger partial charge in [-0.05, 0) is 18.2 Å². The lowest BCUT2D eigenvalue weighted by Gasteiger charge is -2.19. The maximum absolute atomic E-state index is 13.2. The molecule has 1 aromatic carbocycles. The van der Waals surface area contributed by atoms with Gasteiger partial charge < -0.3 is 15.8 Å². The minimum atomic E-state index is -4.80. The highest BCUT2D eigenvalue weighted by molar-refractivity contribution is 5.93. The summed E-state index contributed by atoms with van der Waals surface area (Å²) >= 11 is 0. The molecule has 2 aromatic rings. The predicted molar refractivity (Wildman–Crippen MR) is 77.1 cm³/mol. The number of primary amides is 1. The lowest BCUT2D eigenvalue weighted by molar-refractivity contribution is -0.207. The van der Waals surface area contributed by atoms with E-state index >= 15 is 0 Å². The van der Waals surface area contributed by atoms with E-state index in [1.807, 2.05) is 0 Å². The number of nitrogens with one attached hydrogen (secondary N) is 1. The first kappa shape index (κ1) is 17.3. The number of esters is 1. The van der Waals surface area contributed by atoms with Crippen LogP contribution in [0.3, 0.4) is 0 Å². The number of rotatable bonds is 4. The summed E-state index contributed by atoms with van der Waals surface area (Å²) in [6.45, 7) is 0. The molecular weight excluding hydrogens is 329 g/mol. The van der Waals surface area contributed by atoms with Crippen LogP contribution in [0.5, 0.6) is 0 Å². The monoisotopic (exact) mass is 342 g/mol. The summed E-state index contributed by atoms with van der Waals surface area (Å²) in [6, 6.07) is 4.33. The molecule has 0 saturated heterocycles. The van der Waals surface area contributed by atoms with Gasteiger partial charge in [-0.1, -0.05) is 6.07 Å². The number of halogens is 3. The number of aryl methyl sites for hydroxylation is 1. The number of carbonyl (C=O) groups is 2. The van der Waals surface area contributed by atoms with Crippen LogP contribution in [0.15, 0.2) is 36.7 Å². The van der Waals surface area contributed by atoms with E-state index in [1.54, 1.807) is 0 Å². The molecule has 24 heavy (non-hydrogen) atoms. The summed E-state index contributed by atoms with van der Waals surface area (Å²) in [4.78, 5) is 22.8. The van der Waals surface area contributed by atoms with Crippen molar-refractivity contribution in [3.05, 3.63) is 47.8 Å². The number of aromatic nitrogens is 2. The van der Waals surface area contributed by atoms with Crippen molar-refractivity contribution in [3.8, 4) is 0 Å². The average Bonchev–Trinajstić information content (AvgIpc) is 2.89. The van der Waals surface area contributed by atoms with Gasteiger partial charge in [0.05, 0.1) is 11.8 Å². The Balaban J connectivity index is 2.23. The van der Waals surface area contributed by atoms with Crippen LogP contribution >= 0.6 is 0 Å². The summed E-state index contributed by atoms with van der Waals surface area (Å²) in [7, 11) is 1.44. The van der Waals surface area contributed by atoms with Crippen molar-refractivity contribution in [2.24, 2.45) is 12.8 Å². The second-order valence-corrected chi connectivity index (χ2v) is 4.84. The molecule has 2 amide bonds. The van der Waals surface area contributed by atoms with Gasteiger partial charge in [0.2, 0.25) is 6.10 Å². The minimum absolute atomic E-state index is 0.155. The fourth-order valence-corrected chi connectivity index (χ4v) is 1.94. The predicted octanol–water partition coefficient (Wildman–Crippen LogP) is 2.37. The van der Waals surface area contributed by atoms with Crippen LogP contribution in [-0.4, -0.2) is 28.0 Å². The largest absolute Gasteiger partial charge is 0.444 e. The van der Waals surface area contributed by atoms with Crippen molar-refractivity contribution in [2.45, 2.75) is 12.3 Å². The number of benzene rings is 1. The number of hydrogen-bond acceptors (Lipinski definition) is 4. The lowest BCUT2D eigenvalue weighted by atomic mass is 10.1. The van der Waals surface area contributed by atoms with Crippen LogP contribution < -0.4 is 11.1 Å². The maximum atomic E-state index is 13.2. The molecule has 2 rings (SSSR count). The quantitative estimate of drug-likeness (QED) is 0.833. The van der Waals surface area contributed by atoms with Gasteiger partial charge in [0.15, 0.2) is 0 Å². The zero-order valence-corrected chi connectivity index (χ0v) is 12.4. The normalized spacial score (nSPS) is 12.5. The second kappa shape index (κ2) is 6.60. The Morgan fingerprint density at radius 1 is 1.38 bits per heavy atom. The van der Waals surface area contributed by atoms with E-state index in [0.717, 1.165) is 18.5 Å². The standard InChI is InChI=1S/C14H13F3N4O3/c1-21-7-9(6-19-21)11(14(15,16)17)24-12(22)8-3-2-4-10(5-8)20-13(18)23/h2-7,11H,1H3,(H3,18,20,23)/t11-/m1/s1. The van der Waals surface area contributed by atoms with E-state index < -0.39 is 24.3 Å². The summed E-state index contributed by atoms with van der Waals surface area (Å²) in [5, 5.41) is 5.86. The van der Waals surface area contributed by atoms with Gasteiger partial charge in [-0.3, -0.25) is 4.68 Å². The Morgan fingerprint density at radius 2 is 2.08 bits per heavy atom. The maximum Gasteiger partial charge on any atom is 0.429 e. The number of carbonyl (C=O) groups excluding carboxylic acids is 2. The molecule has 3 N–H and O–H groups in total. The lowest BCUT2D eigenvalue weighted by Crippen LogP contribution is -2.26. The van der Waals surface area contributed by atoms with E-state index in [9.17, 15) is 22.8 Å². The van der Waals surface area contributed by atoms with Gasteiger partial charge in [0.1, 0.15) is 0 Å². The van der Waals surface area contributed by atoms with Crippen LogP contribution in [0.2, 0.25) is 0 Å². The number of hydrogen-bond donors (Lipinski definition) is 2. The fourth-order valence-electron chi connectivity index (χ4n) is 1.94. The van der Waals surface area contributed by atoms with E-state index in [4.69, 9.17) is 5.73 Å². The molecule has 0 spiro atoms. The van der Waals surface area contributed by atoms with Gasteiger partial charge in [-0.2, -0.15) is 18.3 Å². The molecule has 128 valence electrons. The van der Waals surface area contributed by atoms with Crippen molar-refractivity contribution in [3.63, 3.8) is 0 Å². The number of nitrogens with zero attached hydrogens (tertiary/aromatic N) is 2. The van der Waals surface area contributed by atoms with Crippen LogP contribution in [0.1, 0.15) is 22.0 Å². The van der Waals surface area contributed by atoms with Gasteiger partial charge in [0.25, 0.3) is 0 Å². The van der Waals surface area contributed by atoms with Crippen LogP contribution in [0, 0.1) is 0 Å². The van der Waals surface area contributed by atoms with E-state index in [2.05, 4.69) is 15.2 Å². The number of alkyl halides is 3. The number of nitrogens with two attached hydrogens (primary N) is 1. The van der Waals surface area contributed by atoms with Crippen molar-refractivity contribution >= 4 is 17.7 Å². The van der Waals surface area contributed by atoms with E-state index in [0.29, 0.717) is 0 Å². The summed E-state index contributed by atoms with van der Waals surface area (Å²) in [6.07, 6.45) is -5.18. The molecule has 7 nitrogen and oxygen atoms in total. The summed E-state index contributed by atoms with van der Waals surface area (Å²) in [5.74, 6) is -1.20. The average molecular weight is 342 g/mol. The van der Waals surface area contributed by atoms with Crippen LogP contribution in [-0.2, 0) is 11.8 Å². The number of anilines is 1. The minimum Gasteiger partial charge on any atom is -0.444 e. The van der Waals surface area contributed by atoms with Gasteiger partial charge in [0, 0.05) is 24.5 Å². The van der Waals surface area contributed by atoms with Crippen molar-refractivity contribution < 1.29 is 27.5 Å². The Labute approximate surface area is 134 Å². The van der Waals surface area contributed by atoms with Gasteiger partial charge >= 0.3 is 18.2 Å². The van der Waals surface area contributed by atoms with Crippen molar-refractivity contribution in [2.75, 3.05) is 5.32 Å². The molecule has 0 radical (unpaired) electrons. The third kappa shape index (κ3) is 4.24. The third-order valence-corrected chi connectivity index (χ3v) is 2.92. The molecule has 1 atom stereocenters. The molecule has 1 heterocycles. The fraction of sp³-hybridized carbons (Fsp3) is 0.214. The topological polar surface area (TPSA) is 99.2 Å². The molecule has 0 fully saturated rings. The van der Waals surface area contributed by atoms with Crippen LogP contribution in [0.4, 0.5) is 23.7 Å². The molecular formula is C14H13F3N4O3. The highest BCUT2D eigenvalue weighted by Gasteiger charge is 2.45. The number of amides is 2. The summed E-state index contributed by atoms with van der Waals surface area (Å²) < 4.78 is 45.2. The SMILES string of the molecule is Cn1cc([C@@H](OC(=O)c2cccc(NC(N)=O)c2)C(F)(F)F)cn1. The summed E-state index contributed by atoms with van der Waals surface area (Å²) in [5.41, 5.74) is 4.63. The first-order chi connectivity index (χ1) is 11.2. The molecule has 0 aliphatic carbocycles. The first-order valence-electron chi connectivity index (χ1n) is 6.59. The Bertz CT molecular complexity index is 758. The highest BCUT2D eigenvalue weighted by Crippen LogP contribution is 2.36. The molecule has 0 bridgehead atoms. The second-order valence-electron chi connectivity index (χ2n) is 4.84. The smallest absolute Gasteiger partial charge is 0.429 e. The Kier molecular flexibility index (Phi) is 4.77. The molecule has 0 aliphatic heterocycles. The van der Waals surface area contributed by atoms with E-state index in [1.165, 1.54) is 29.9 Å². The molecule has 0 saturated carbocycles. The molecule has 0 unspecified atom stereocenters. The Morgan fingerprint density at radius 3 is 2.62 bits per heavy atom. The van der Waals surface area contributed by atoms with E-state index in [-0.39, 0.29) is 16.8 Å². The number of urea groups is 1.